The molecule has 2 heterocycles. The Hall–Kier alpha value is -2.46. The Morgan fingerprint density at radius 2 is 2.35 bits per heavy atom. The van der Waals surface area contributed by atoms with Gasteiger partial charge in [0.2, 0.25) is 5.91 Å². The molecule has 3 rings (SSSR count). The number of anilines is 1. The molecule has 0 fully saturated rings. The molecule has 1 aromatic heterocycles. The van der Waals surface area contributed by atoms with Crippen LogP contribution >= 0.6 is 11.3 Å². The largest absolute Gasteiger partial charge is 0.375 e. The van der Waals surface area contributed by atoms with E-state index in [0.29, 0.717) is 22.6 Å². The first-order valence-corrected chi connectivity index (χ1v) is 6.87. The van der Waals surface area contributed by atoms with Crippen LogP contribution in [0.15, 0.2) is 17.2 Å². The van der Waals surface area contributed by atoms with Crippen molar-refractivity contribution in [3.8, 4) is 6.07 Å². The van der Waals surface area contributed by atoms with Gasteiger partial charge in [0, 0.05) is 17.9 Å². The molecule has 1 aromatic carbocycles. The molecule has 1 unspecified atom stereocenters. The highest BCUT2D eigenvalue weighted by atomic mass is 32.1. The van der Waals surface area contributed by atoms with E-state index >= 15 is 0 Å². The molecule has 0 saturated heterocycles. The molecule has 0 saturated carbocycles. The Kier molecular flexibility index (Phi) is 2.88. The number of rotatable bonds is 1. The zero-order chi connectivity index (χ0) is 14.3. The van der Waals surface area contributed by atoms with E-state index in [2.05, 4.69) is 21.6 Å². The van der Waals surface area contributed by atoms with Gasteiger partial charge in [0.05, 0.1) is 16.0 Å². The van der Waals surface area contributed by atoms with E-state index in [1.165, 1.54) is 11.3 Å². The van der Waals surface area contributed by atoms with E-state index in [1.54, 1.807) is 6.07 Å². The SMILES string of the molecule is CC1CC(=O)NN=C1c1cc(C#N)c2nc(N)sc2c1. The third-order valence-electron chi connectivity index (χ3n) is 3.19. The third kappa shape index (κ3) is 2.00. The summed E-state index contributed by atoms with van der Waals surface area (Å²) >= 11 is 1.33. The number of carbonyl (C=O) groups excluding carboxylic acids is 1. The lowest BCUT2D eigenvalue weighted by Gasteiger charge is -2.19. The maximum atomic E-state index is 11.3. The molecular weight excluding hydrogens is 274 g/mol. The van der Waals surface area contributed by atoms with Gasteiger partial charge >= 0.3 is 0 Å². The van der Waals surface area contributed by atoms with Crippen LogP contribution in [0.2, 0.25) is 0 Å². The minimum Gasteiger partial charge on any atom is -0.375 e. The number of hydrogen-bond donors (Lipinski definition) is 2. The van der Waals surface area contributed by atoms with Crippen molar-refractivity contribution in [2.45, 2.75) is 13.3 Å². The van der Waals surface area contributed by atoms with Crippen molar-refractivity contribution in [3.05, 3.63) is 23.3 Å². The summed E-state index contributed by atoms with van der Waals surface area (Å²) in [7, 11) is 0. The third-order valence-corrected chi connectivity index (χ3v) is 4.02. The minimum absolute atomic E-state index is 0.0120. The van der Waals surface area contributed by atoms with Gasteiger partial charge in [-0.15, -0.1) is 0 Å². The Morgan fingerprint density at radius 3 is 3.05 bits per heavy atom. The van der Waals surface area contributed by atoms with Crippen molar-refractivity contribution in [2.75, 3.05) is 5.73 Å². The number of carbonyl (C=O) groups is 1. The lowest BCUT2D eigenvalue weighted by Crippen LogP contribution is -2.31. The molecular formula is C13H11N5OS. The van der Waals surface area contributed by atoms with Crippen LogP contribution in [0, 0.1) is 17.2 Å². The highest BCUT2D eigenvalue weighted by molar-refractivity contribution is 7.22. The Bertz CT molecular complexity index is 786. The first-order chi connectivity index (χ1) is 9.58. The molecule has 0 bridgehead atoms. The number of nitrogens with two attached hydrogens (primary N) is 1. The molecule has 1 amide bonds. The van der Waals surface area contributed by atoms with Crippen LogP contribution < -0.4 is 11.2 Å². The molecule has 0 spiro atoms. The van der Waals surface area contributed by atoms with Crippen molar-refractivity contribution >= 4 is 38.3 Å². The molecule has 6 nitrogen and oxygen atoms in total. The fraction of sp³-hybridized carbons (Fsp3) is 0.231. The first-order valence-electron chi connectivity index (χ1n) is 6.05. The predicted octanol–water partition coefficient (Wildman–Crippen LogP) is 1.61. The standard InChI is InChI=1S/C13H11N5OS/c1-6-2-10(19)17-18-11(6)7-3-8(5-14)12-9(4-7)20-13(15)16-12/h3-4,6H,2H2,1H3,(H2,15,16)(H,17,19). The molecule has 7 heteroatoms. The summed E-state index contributed by atoms with van der Waals surface area (Å²) in [6, 6.07) is 5.79. The van der Waals surface area contributed by atoms with Crippen LogP contribution in [0.5, 0.6) is 0 Å². The van der Waals surface area contributed by atoms with Gasteiger partial charge in [-0.2, -0.15) is 10.4 Å². The number of nitriles is 1. The number of aromatic nitrogens is 1. The number of fused-ring (bicyclic) bond motifs is 1. The van der Waals surface area contributed by atoms with Gasteiger partial charge in [-0.05, 0) is 12.1 Å². The normalized spacial score (nSPS) is 18.5. The van der Waals surface area contributed by atoms with Gasteiger partial charge in [-0.1, -0.05) is 18.3 Å². The Labute approximate surface area is 118 Å². The monoisotopic (exact) mass is 285 g/mol. The quantitative estimate of drug-likeness (QED) is 0.830. The summed E-state index contributed by atoms with van der Waals surface area (Å²) in [5, 5.41) is 13.8. The number of nitrogens with zero attached hydrogens (tertiary/aromatic N) is 3. The highest BCUT2D eigenvalue weighted by Crippen LogP contribution is 2.29. The molecule has 2 aromatic rings. The molecule has 20 heavy (non-hydrogen) atoms. The van der Waals surface area contributed by atoms with E-state index in [0.717, 1.165) is 16.0 Å². The molecule has 100 valence electrons. The highest BCUT2D eigenvalue weighted by Gasteiger charge is 2.23. The second-order valence-electron chi connectivity index (χ2n) is 4.67. The molecule has 1 aliphatic heterocycles. The summed E-state index contributed by atoms with van der Waals surface area (Å²) < 4.78 is 0.850. The average Bonchev–Trinajstić information content (AvgIpc) is 2.77. The van der Waals surface area contributed by atoms with Gasteiger partial charge in [-0.25, -0.2) is 10.4 Å². The zero-order valence-electron chi connectivity index (χ0n) is 10.7. The number of nitrogen functional groups attached to an aromatic ring is 1. The van der Waals surface area contributed by atoms with Crippen LogP contribution in [0.4, 0.5) is 5.13 Å². The molecule has 3 N–H and O–H groups in total. The molecule has 1 aliphatic rings. The maximum absolute atomic E-state index is 11.3. The van der Waals surface area contributed by atoms with Crippen LogP contribution in [0.3, 0.4) is 0 Å². The van der Waals surface area contributed by atoms with Crippen LogP contribution in [-0.4, -0.2) is 16.6 Å². The van der Waals surface area contributed by atoms with Crippen molar-refractivity contribution < 1.29 is 4.79 Å². The van der Waals surface area contributed by atoms with Gasteiger partial charge in [0.25, 0.3) is 0 Å². The molecule has 1 atom stereocenters. The average molecular weight is 285 g/mol. The number of hydrazone groups is 1. The topological polar surface area (TPSA) is 104 Å². The predicted molar refractivity (Wildman–Crippen MR) is 77.2 cm³/mol. The van der Waals surface area contributed by atoms with E-state index in [1.807, 2.05) is 13.0 Å². The first kappa shape index (κ1) is 12.6. The fourth-order valence-corrected chi connectivity index (χ4v) is 3.08. The number of thiazole rings is 1. The van der Waals surface area contributed by atoms with Crippen molar-refractivity contribution in [1.82, 2.24) is 10.4 Å². The molecule has 0 radical (unpaired) electrons. The molecule has 0 aliphatic carbocycles. The van der Waals surface area contributed by atoms with E-state index in [4.69, 9.17) is 5.73 Å². The van der Waals surface area contributed by atoms with Crippen LogP contribution in [-0.2, 0) is 4.79 Å². The van der Waals surface area contributed by atoms with E-state index in [-0.39, 0.29) is 11.8 Å². The van der Waals surface area contributed by atoms with E-state index in [9.17, 15) is 10.1 Å². The zero-order valence-corrected chi connectivity index (χ0v) is 11.5. The number of benzene rings is 1. The maximum Gasteiger partial charge on any atom is 0.240 e. The van der Waals surface area contributed by atoms with Crippen molar-refractivity contribution in [3.63, 3.8) is 0 Å². The Morgan fingerprint density at radius 1 is 1.55 bits per heavy atom. The van der Waals surface area contributed by atoms with Crippen molar-refractivity contribution in [1.29, 1.82) is 5.26 Å². The Balaban J connectivity index is 2.17. The summed E-state index contributed by atoms with van der Waals surface area (Å²) in [4.78, 5) is 15.5. The van der Waals surface area contributed by atoms with Gasteiger partial charge in [0.15, 0.2) is 5.13 Å². The van der Waals surface area contributed by atoms with Crippen LogP contribution in [0.1, 0.15) is 24.5 Å². The van der Waals surface area contributed by atoms with Crippen LogP contribution in [0.25, 0.3) is 10.2 Å². The van der Waals surface area contributed by atoms with Gasteiger partial charge in [0.1, 0.15) is 11.6 Å². The number of hydrogen-bond acceptors (Lipinski definition) is 6. The smallest absolute Gasteiger partial charge is 0.240 e. The van der Waals surface area contributed by atoms with E-state index < -0.39 is 0 Å². The van der Waals surface area contributed by atoms with Crippen molar-refractivity contribution in [2.24, 2.45) is 11.0 Å². The summed E-state index contributed by atoms with van der Waals surface area (Å²) in [6.45, 7) is 1.94. The second kappa shape index (κ2) is 4.58. The summed E-state index contributed by atoms with van der Waals surface area (Å²) in [5.41, 5.74) is 10.9. The second-order valence-corrected chi connectivity index (χ2v) is 5.73. The summed E-state index contributed by atoms with van der Waals surface area (Å²) in [6.07, 6.45) is 0.392. The van der Waals surface area contributed by atoms with Gasteiger partial charge in [-0.3, -0.25) is 4.79 Å². The summed E-state index contributed by atoms with van der Waals surface area (Å²) in [5.74, 6) is -0.0807. The number of nitrogens with one attached hydrogen (secondary N) is 1. The number of amides is 1. The minimum atomic E-state index is -0.0927. The fourth-order valence-electron chi connectivity index (χ4n) is 2.28. The lowest BCUT2D eigenvalue weighted by atomic mass is 9.93. The van der Waals surface area contributed by atoms with Gasteiger partial charge < -0.3 is 5.73 Å². The lowest BCUT2D eigenvalue weighted by molar-refractivity contribution is -0.121.